The zero-order chi connectivity index (χ0) is 15.8. The quantitative estimate of drug-likeness (QED) is 0.645. The second kappa shape index (κ2) is 8.83. The van der Waals surface area contributed by atoms with Crippen LogP contribution in [-0.2, 0) is 6.42 Å². The summed E-state index contributed by atoms with van der Waals surface area (Å²) in [6.45, 7) is 13.9. The maximum absolute atomic E-state index is 5.36. The van der Waals surface area contributed by atoms with Crippen molar-refractivity contribution in [2.45, 2.75) is 27.2 Å². The molecule has 0 aromatic carbocycles. The lowest BCUT2D eigenvalue weighted by Gasteiger charge is -2.37. The fraction of sp³-hybridized carbons (Fsp3) is 0.706. The Morgan fingerprint density at radius 3 is 2.68 bits per heavy atom. The van der Waals surface area contributed by atoms with Gasteiger partial charge in [-0.2, -0.15) is 0 Å². The van der Waals surface area contributed by atoms with Gasteiger partial charge in [0.15, 0.2) is 5.96 Å². The molecule has 5 nitrogen and oxygen atoms in total. The number of furan rings is 1. The fourth-order valence-corrected chi connectivity index (χ4v) is 2.81. The second-order valence-corrected chi connectivity index (χ2v) is 6.25. The highest BCUT2D eigenvalue weighted by Gasteiger charge is 2.19. The first-order chi connectivity index (χ1) is 10.7. The van der Waals surface area contributed by atoms with Gasteiger partial charge in [0.25, 0.3) is 0 Å². The van der Waals surface area contributed by atoms with Crippen LogP contribution in [0.1, 0.15) is 26.5 Å². The average Bonchev–Trinajstić information content (AvgIpc) is 3.00. The molecule has 1 aliphatic rings. The Bertz CT molecular complexity index is 434. The molecular formula is C17H30N4O. The third kappa shape index (κ3) is 5.37. The molecule has 0 bridgehead atoms. The van der Waals surface area contributed by atoms with Crippen LogP contribution >= 0.6 is 0 Å². The van der Waals surface area contributed by atoms with Crippen molar-refractivity contribution in [3.8, 4) is 0 Å². The highest BCUT2D eigenvalue weighted by molar-refractivity contribution is 5.80. The van der Waals surface area contributed by atoms with Gasteiger partial charge in [-0.15, -0.1) is 0 Å². The van der Waals surface area contributed by atoms with E-state index >= 15 is 0 Å². The molecule has 1 fully saturated rings. The monoisotopic (exact) mass is 306 g/mol. The first-order valence-corrected chi connectivity index (χ1v) is 8.47. The van der Waals surface area contributed by atoms with Crippen LogP contribution in [0.2, 0.25) is 0 Å². The largest absolute Gasteiger partial charge is 0.469 e. The Labute approximate surface area is 134 Å². The van der Waals surface area contributed by atoms with Crippen molar-refractivity contribution in [3.05, 3.63) is 24.2 Å². The van der Waals surface area contributed by atoms with E-state index in [1.165, 1.54) is 6.54 Å². The van der Waals surface area contributed by atoms with E-state index in [-0.39, 0.29) is 0 Å². The van der Waals surface area contributed by atoms with Crippen LogP contribution in [0.15, 0.2) is 27.8 Å². The van der Waals surface area contributed by atoms with Crippen molar-refractivity contribution in [1.29, 1.82) is 0 Å². The summed E-state index contributed by atoms with van der Waals surface area (Å²) in [6, 6.07) is 3.94. The molecule has 1 saturated heterocycles. The fourth-order valence-electron chi connectivity index (χ4n) is 2.81. The van der Waals surface area contributed by atoms with Gasteiger partial charge in [0, 0.05) is 52.2 Å². The van der Waals surface area contributed by atoms with Crippen molar-refractivity contribution >= 4 is 5.96 Å². The lowest BCUT2D eigenvalue weighted by atomic mass is 10.2. The van der Waals surface area contributed by atoms with Crippen LogP contribution < -0.4 is 5.32 Å². The van der Waals surface area contributed by atoms with Crippen molar-refractivity contribution in [3.63, 3.8) is 0 Å². The average molecular weight is 306 g/mol. The molecule has 0 aliphatic carbocycles. The molecule has 5 heteroatoms. The molecule has 1 N–H and O–H groups in total. The first kappa shape index (κ1) is 16.9. The van der Waals surface area contributed by atoms with E-state index in [9.17, 15) is 0 Å². The Morgan fingerprint density at radius 2 is 2.09 bits per heavy atom. The van der Waals surface area contributed by atoms with Gasteiger partial charge >= 0.3 is 0 Å². The maximum Gasteiger partial charge on any atom is 0.194 e. The summed E-state index contributed by atoms with van der Waals surface area (Å²) >= 11 is 0. The predicted molar refractivity (Wildman–Crippen MR) is 91.2 cm³/mol. The van der Waals surface area contributed by atoms with Crippen molar-refractivity contribution in [2.24, 2.45) is 10.9 Å². The zero-order valence-electron chi connectivity index (χ0n) is 14.2. The number of piperazine rings is 1. The number of nitrogens with zero attached hydrogens (tertiary/aromatic N) is 3. The lowest BCUT2D eigenvalue weighted by Crippen LogP contribution is -2.53. The summed E-state index contributed by atoms with van der Waals surface area (Å²) in [6.07, 6.45) is 2.58. The van der Waals surface area contributed by atoms with Crippen LogP contribution in [0.4, 0.5) is 0 Å². The molecule has 1 aliphatic heterocycles. The van der Waals surface area contributed by atoms with Crippen molar-refractivity contribution < 1.29 is 4.42 Å². The van der Waals surface area contributed by atoms with Crippen molar-refractivity contribution in [1.82, 2.24) is 15.1 Å². The summed E-state index contributed by atoms with van der Waals surface area (Å²) in [5.74, 6) is 2.78. The molecule has 2 rings (SSSR count). The Morgan fingerprint density at radius 1 is 1.32 bits per heavy atom. The van der Waals surface area contributed by atoms with E-state index in [2.05, 4.69) is 35.9 Å². The van der Waals surface area contributed by atoms with Crippen LogP contribution in [0.3, 0.4) is 0 Å². The molecule has 0 spiro atoms. The minimum absolute atomic E-state index is 0.738. The van der Waals surface area contributed by atoms with Gasteiger partial charge in [0.05, 0.1) is 6.26 Å². The maximum atomic E-state index is 5.36. The van der Waals surface area contributed by atoms with Gasteiger partial charge in [0.1, 0.15) is 5.76 Å². The molecule has 0 saturated carbocycles. The molecule has 0 unspecified atom stereocenters. The topological polar surface area (TPSA) is 44.0 Å². The van der Waals surface area contributed by atoms with E-state index in [4.69, 9.17) is 9.41 Å². The Kier molecular flexibility index (Phi) is 6.77. The van der Waals surface area contributed by atoms with Crippen LogP contribution in [0.5, 0.6) is 0 Å². The van der Waals surface area contributed by atoms with Crippen molar-refractivity contribution in [2.75, 3.05) is 45.8 Å². The molecule has 1 aromatic rings. The number of rotatable bonds is 6. The molecular weight excluding hydrogens is 276 g/mol. The Balaban J connectivity index is 1.83. The number of hydrogen-bond acceptors (Lipinski definition) is 3. The van der Waals surface area contributed by atoms with Gasteiger partial charge in [-0.05, 0) is 25.0 Å². The SMILES string of the molecule is CCNC(=NCCc1ccco1)N1CCN(CC(C)C)CC1. The van der Waals surface area contributed by atoms with Gasteiger partial charge in [-0.3, -0.25) is 9.89 Å². The van der Waals surface area contributed by atoms with Gasteiger partial charge in [-0.25, -0.2) is 0 Å². The lowest BCUT2D eigenvalue weighted by molar-refractivity contribution is 0.164. The predicted octanol–water partition coefficient (Wildman–Crippen LogP) is 2.06. The number of aliphatic imine (C=N–C) groups is 1. The highest BCUT2D eigenvalue weighted by atomic mass is 16.3. The molecule has 0 amide bonds. The van der Waals surface area contributed by atoms with Crippen LogP contribution in [0, 0.1) is 5.92 Å². The molecule has 1 aromatic heterocycles. The highest BCUT2D eigenvalue weighted by Crippen LogP contribution is 2.06. The van der Waals surface area contributed by atoms with E-state index in [1.54, 1.807) is 6.26 Å². The first-order valence-electron chi connectivity index (χ1n) is 8.47. The summed E-state index contributed by atoms with van der Waals surface area (Å²) in [4.78, 5) is 9.68. The molecule has 0 radical (unpaired) electrons. The zero-order valence-corrected chi connectivity index (χ0v) is 14.2. The molecule has 124 valence electrons. The number of nitrogens with one attached hydrogen (secondary N) is 1. The normalized spacial score (nSPS) is 17.3. The van der Waals surface area contributed by atoms with Gasteiger partial charge in [-0.1, -0.05) is 13.8 Å². The summed E-state index contributed by atoms with van der Waals surface area (Å²) in [7, 11) is 0. The van der Waals surface area contributed by atoms with Crippen LogP contribution in [-0.4, -0.2) is 61.6 Å². The van der Waals surface area contributed by atoms with E-state index in [0.29, 0.717) is 0 Å². The summed E-state index contributed by atoms with van der Waals surface area (Å²) in [5, 5.41) is 3.41. The molecule has 2 heterocycles. The van der Waals surface area contributed by atoms with Crippen LogP contribution in [0.25, 0.3) is 0 Å². The molecule has 0 atom stereocenters. The number of hydrogen-bond donors (Lipinski definition) is 1. The van der Waals surface area contributed by atoms with Gasteiger partial charge in [0.2, 0.25) is 0 Å². The summed E-state index contributed by atoms with van der Waals surface area (Å²) in [5.41, 5.74) is 0. The number of guanidine groups is 1. The van der Waals surface area contributed by atoms with E-state index in [1.807, 2.05) is 12.1 Å². The molecule has 22 heavy (non-hydrogen) atoms. The van der Waals surface area contributed by atoms with E-state index in [0.717, 1.165) is 63.3 Å². The summed E-state index contributed by atoms with van der Waals surface area (Å²) < 4.78 is 5.36. The second-order valence-electron chi connectivity index (χ2n) is 6.25. The third-order valence-corrected chi connectivity index (χ3v) is 3.83. The Hall–Kier alpha value is -1.49. The standard InChI is InChI=1S/C17H30N4O/c1-4-18-17(19-8-7-16-6-5-13-22-16)21-11-9-20(10-12-21)14-15(2)3/h5-6,13,15H,4,7-12,14H2,1-3H3,(H,18,19). The van der Waals surface area contributed by atoms with Gasteiger partial charge < -0.3 is 14.6 Å². The smallest absolute Gasteiger partial charge is 0.194 e. The minimum atomic E-state index is 0.738. The van der Waals surface area contributed by atoms with E-state index < -0.39 is 0 Å². The third-order valence-electron chi connectivity index (χ3n) is 3.83. The minimum Gasteiger partial charge on any atom is -0.469 e.